The van der Waals surface area contributed by atoms with Crippen molar-refractivity contribution in [2.45, 2.75) is 6.42 Å². The number of aromatic nitrogens is 1. The summed E-state index contributed by atoms with van der Waals surface area (Å²) in [6.07, 6.45) is 2.07. The minimum Gasteiger partial charge on any atom is -0.478 e. The van der Waals surface area contributed by atoms with Gasteiger partial charge in [-0.15, -0.1) is 11.3 Å². The molecule has 0 unspecified atom stereocenters. The average molecular weight is 237 g/mol. The van der Waals surface area contributed by atoms with Crippen LogP contribution < -0.4 is 0 Å². The van der Waals surface area contributed by atoms with Crippen LogP contribution in [-0.4, -0.2) is 16.1 Å². The van der Waals surface area contributed by atoms with Gasteiger partial charge in [0.15, 0.2) is 0 Å². The van der Waals surface area contributed by atoms with Crippen LogP contribution in [0.2, 0.25) is 0 Å². The third-order valence-corrected chi connectivity index (χ3v) is 2.91. The summed E-state index contributed by atoms with van der Waals surface area (Å²) in [5.41, 5.74) is 0.569. The second-order valence-electron chi connectivity index (χ2n) is 3.21. The van der Waals surface area contributed by atoms with Crippen molar-refractivity contribution in [2.24, 2.45) is 0 Å². The molecular weight excluding hydrogens is 229 g/mol. The molecule has 0 aliphatic carbocycles. The fourth-order valence-corrected chi connectivity index (χ4v) is 2.04. The Balaban J connectivity index is 2.36. The Labute approximate surface area is 95.2 Å². The average Bonchev–Trinajstić information content (AvgIpc) is 2.73. The van der Waals surface area contributed by atoms with E-state index in [2.05, 4.69) is 4.98 Å². The number of carboxylic acids is 1. The predicted octanol–water partition coefficient (Wildman–Crippen LogP) is 2.57. The van der Waals surface area contributed by atoms with Gasteiger partial charge in [0.1, 0.15) is 5.82 Å². The third kappa shape index (κ3) is 2.25. The Morgan fingerprint density at radius 2 is 2.31 bits per heavy atom. The molecule has 0 fully saturated rings. The van der Waals surface area contributed by atoms with Crippen LogP contribution >= 0.6 is 11.3 Å². The lowest BCUT2D eigenvalue weighted by Gasteiger charge is -2.03. The molecule has 1 aromatic carbocycles. The maximum Gasteiger partial charge on any atom is 0.336 e. The standard InChI is InChI=1S/C11H8FNO2S/c12-8-2-1-7(9(6-8)11(14)15)5-10-13-3-4-16-10/h1-4,6H,5H2,(H,14,15). The number of nitrogens with zero attached hydrogens (tertiary/aromatic N) is 1. The molecule has 2 aromatic rings. The predicted molar refractivity (Wildman–Crippen MR) is 58.3 cm³/mol. The van der Waals surface area contributed by atoms with Crippen molar-refractivity contribution in [2.75, 3.05) is 0 Å². The van der Waals surface area contributed by atoms with Crippen LogP contribution in [0, 0.1) is 5.82 Å². The van der Waals surface area contributed by atoms with Gasteiger partial charge in [0.25, 0.3) is 0 Å². The first-order valence-corrected chi connectivity index (χ1v) is 5.45. The highest BCUT2D eigenvalue weighted by molar-refractivity contribution is 7.09. The second-order valence-corrected chi connectivity index (χ2v) is 4.19. The molecule has 0 amide bonds. The summed E-state index contributed by atoms with van der Waals surface area (Å²) in [5, 5.41) is 11.6. The van der Waals surface area contributed by atoms with Crippen molar-refractivity contribution in [3.63, 3.8) is 0 Å². The molecule has 1 heterocycles. The monoisotopic (exact) mass is 237 g/mol. The van der Waals surface area contributed by atoms with Crippen LogP contribution in [0.4, 0.5) is 4.39 Å². The van der Waals surface area contributed by atoms with E-state index >= 15 is 0 Å². The van der Waals surface area contributed by atoms with Gasteiger partial charge in [-0.05, 0) is 17.7 Å². The molecule has 3 nitrogen and oxygen atoms in total. The first kappa shape index (κ1) is 10.8. The van der Waals surface area contributed by atoms with Crippen LogP contribution in [0.25, 0.3) is 0 Å². The maximum absolute atomic E-state index is 12.9. The van der Waals surface area contributed by atoms with Crippen molar-refractivity contribution in [3.05, 3.63) is 51.7 Å². The van der Waals surface area contributed by atoms with E-state index < -0.39 is 11.8 Å². The molecule has 0 atom stereocenters. The maximum atomic E-state index is 12.9. The first-order valence-electron chi connectivity index (χ1n) is 4.57. The Morgan fingerprint density at radius 3 is 2.94 bits per heavy atom. The van der Waals surface area contributed by atoms with Gasteiger partial charge >= 0.3 is 5.97 Å². The number of hydrogen-bond donors (Lipinski definition) is 1. The van der Waals surface area contributed by atoms with Crippen LogP contribution in [0.5, 0.6) is 0 Å². The highest BCUT2D eigenvalue weighted by atomic mass is 32.1. The minimum absolute atomic E-state index is 0.00444. The van der Waals surface area contributed by atoms with E-state index in [1.807, 2.05) is 5.38 Å². The SMILES string of the molecule is O=C(O)c1cc(F)ccc1Cc1nccs1. The number of rotatable bonds is 3. The third-order valence-electron chi connectivity index (χ3n) is 2.13. The number of thiazole rings is 1. The van der Waals surface area contributed by atoms with E-state index in [9.17, 15) is 9.18 Å². The van der Waals surface area contributed by atoms with E-state index in [1.165, 1.54) is 23.5 Å². The van der Waals surface area contributed by atoms with Gasteiger partial charge in [-0.1, -0.05) is 6.07 Å². The summed E-state index contributed by atoms with van der Waals surface area (Å²) in [4.78, 5) is 15.0. The van der Waals surface area contributed by atoms with Crippen molar-refractivity contribution in [1.82, 2.24) is 4.98 Å². The van der Waals surface area contributed by atoms with Gasteiger partial charge in [-0.3, -0.25) is 0 Å². The Bertz CT molecular complexity index is 511. The summed E-state index contributed by atoms with van der Waals surface area (Å²) in [6.45, 7) is 0. The lowest BCUT2D eigenvalue weighted by molar-refractivity contribution is 0.0695. The van der Waals surface area contributed by atoms with Crippen molar-refractivity contribution >= 4 is 17.3 Å². The van der Waals surface area contributed by atoms with Crippen molar-refractivity contribution in [3.8, 4) is 0 Å². The van der Waals surface area contributed by atoms with E-state index in [0.29, 0.717) is 12.0 Å². The fourth-order valence-electron chi connectivity index (χ4n) is 1.41. The summed E-state index contributed by atoms with van der Waals surface area (Å²) >= 11 is 1.44. The van der Waals surface area contributed by atoms with Gasteiger partial charge in [-0.2, -0.15) is 0 Å². The quantitative estimate of drug-likeness (QED) is 0.892. The molecule has 5 heteroatoms. The normalized spacial score (nSPS) is 10.3. The number of carbonyl (C=O) groups is 1. The number of aromatic carboxylic acids is 1. The number of benzene rings is 1. The number of carboxylic acid groups (broad SMARTS) is 1. The van der Waals surface area contributed by atoms with Crippen LogP contribution in [0.15, 0.2) is 29.8 Å². The zero-order valence-corrected chi connectivity index (χ0v) is 9.00. The first-order chi connectivity index (χ1) is 7.66. The number of halogens is 1. The smallest absolute Gasteiger partial charge is 0.336 e. The molecule has 0 bridgehead atoms. The molecule has 2 rings (SSSR count). The minimum atomic E-state index is -1.12. The molecule has 16 heavy (non-hydrogen) atoms. The molecule has 0 aliphatic rings. The van der Waals surface area contributed by atoms with Crippen molar-refractivity contribution in [1.29, 1.82) is 0 Å². The zero-order chi connectivity index (χ0) is 11.5. The van der Waals surface area contributed by atoms with Gasteiger partial charge in [0.2, 0.25) is 0 Å². The van der Waals surface area contributed by atoms with E-state index in [-0.39, 0.29) is 5.56 Å². The van der Waals surface area contributed by atoms with Gasteiger partial charge in [0, 0.05) is 18.0 Å². The molecule has 0 aliphatic heterocycles. The van der Waals surface area contributed by atoms with E-state index in [0.717, 1.165) is 11.1 Å². The van der Waals surface area contributed by atoms with Gasteiger partial charge in [-0.25, -0.2) is 14.2 Å². The highest BCUT2D eigenvalue weighted by Gasteiger charge is 2.12. The van der Waals surface area contributed by atoms with Gasteiger partial charge < -0.3 is 5.11 Å². The van der Waals surface area contributed by atoms with Crippen LogP contribution in [-0.2, 0) is 6.42 Å². The zero-order valence-electron chi connectivity index (χ0n) is 8.18. The van der Waals surface area contributed by atoms with Crippen LogP contribution in [0.1, 0.15) is 20.9 Å². The summed E-state index contributed by atoms with van der Waals surface area (Å²) in [6, 6.07) is 3.78. The second kappa shape index (κ2) is 4.40. The molecule has 1 aromatic heterocycles. The lowest BCUT2D eigenvalue weighted by atomic mass is 10.0. The number of hydrogen-bond acceptors (Lipinski definition) is 3. The summed E-state index contributed by atoms with van der Waals surface area (Å²) in [5.74, 6) is -1.66. The Hall–Kier alpha value is -1.75. The molecule has 0 spiro atoms. The molecule has 82 valence electrons. The topological polar surface area (TPSA) is 50.2 Å². The molecule has 1 N–H and O–H groups in total. The molecule has 0 radical (unpaired) electrons. The Morgan fingerprint density at radius 1 is 1.50 bits per heavy atom. The lowest BCUT2D eigenvalue weighted by Crippen LogP contribution is -2.03. The molecule has 0 saturated heterocycles. The summed E-state index contributed by atoms with van der Waals surface area (Å²) < 4.78 is 12.9. The van der Waals surface area contributed by atoms with E-state index in [4.69, 9.17) is 5.11 Å². The highest BCUT2D eigenvalue weighted by Crippen LogP contribution is 2.17. The van der Waals surface area contributed by atoms with Crippen molar-refractivity contribution < 1.29 is 14.3 Å². The molecule has 0 saturated carbocycles. The largest absolute Gasteiger partial charge is 0.478 e. The molecular formula is C11H8FNO2S. The Kier molecular flexibility index (Phi) is 2.96. The summed E-state index contributed by atoms with van der Waals surface area (Å²) in [7, 11) is 0. The van der Waals surface area contributed by atoms with Crippen LogP contribution in [0.3, 0.4) is 0 Å². The van der Waals surface area contributed by atoms with E-state index in [1.54, 1.807) is 6.20 Å². The fraction of sp³-hybridized carbons (Fsp3) is 0.0909. The van der Waals surface area contributed by atoms with Gasteiger partial charge in [0.05, 0.1) is 10.6 Å².